The van der Waals surface area contributed by atoms with Crippen molar-refractivity contribution in [2.24, 2.45) is 0 Å². The van der Waals surface area contributed by atoms with Gasteiger partial charge < -0.3 is 14.2 Å². The number of nitrogens with zero attached hydrogens (tertiary/aromatic N) is 1. The summed E-state index contributed by atoms with van der Waals surface area (Å²) in [6.07, 6.45) is 3.74. The molecule has 0 fully saturated rings. The molecule has 0 spiro atoms. The lowest BCUT2D eigenvalue weighted by Gasteiger charge is -2.24. The molecule has 5 nitrogen and oxygen atoms in total. The Hall–Kier alpha value is -2.50. The minimum absolute atomic E-state index is 0.0431. The zero-order valence-corrected chi connectivity index (χ0v) is 16.1. The smallest absolute Gasteiger partial charge is 0.228 e. The fourth-order valence-corrected chi connectivity index (χ4v) is 3.15. The topological polar surface area (TPSA) is 58.6 Å². The van der Waals surface area contributed by atoms with Crippen molar-refractivity contribution in [3.8, 4) is 0 Å². The zero-order chi connectivity index (χ0) is 19.2. The van der Waals surface area contributed by atoms with Crippen molar-refractivity contribution in [1.29, 1.82) is 0 Å². The van der Waals surface area contributed by atoms with Crippen LogP contribution in [0, 0.1) is 0 Å². The number of furan rings is 2. The van der Waals surface area contributed by atoms with Gasteiger partial charge in [0.25, 0.3) is 0 Å². The Bertz CT molecular complexity index is 827. The maximum atomic E-state index is 13.0. The molecule has 3 rings (SSSR count). The summed E-state index contributed by atoms with van der Waals surface area (Å²) < 4.78 is 11.0. The van der Waals surface area contributed by atoms with Crippen molar-refractivity contribution in [1.82, 2.24) is 10.2 Å². The molecule has 0 aliphatic heterocycles. The number of likely N-dealkylation sites (N-methyl/N-ethyl adjacent to an activating group) is 1. The molecule has 1 amide bonds. The van der Waals surface area contributed by atoms with E-state index >= 15 is 0 Å². The number of hydrogen-bond donors (Lipinski definition) is 1. The lowest BCUT2D eigenvalue weighted by Crippen LogP contribution is -2.37. The van der Waals surface area contributed by atoms with E-state index in [9.17, 15) is 4.79 Å². The predicted octanol–water partition coefficient (Wildman–Crippen LogP) is 4.27. The predicted molar refractivity (Wildman–Crippen MR) is 105 cm³/mol. The van der Waals surface area contributed by atoms with E-state index in [-0.39, 0.29) is 17.9 Å². The molecule has 0 saturated carbocycles. The molecular formula is C21H23ClN2O3. The lowest BCUT2D eigenvalue weighted by molar-refractivity contribution is -0.122. The molecule has 1 N–H and O–H groups in total. The van der Waals surface area contributed by atoms with Crippen molar-refractivity contribution in [2.75, 3.05) is 20.6 Å². The summed E-state index contributed by atoms with van der Waals surface area (Å²) in [4.78, 5) is 15.0. The van der Waals surface area contributed by atoms with Crippen LogP contribution in [-0.2, 0) is 11.2 Å². The van der Waals surface area contributed by atoms with E-state index in [0.717, 1.165) is 17.1 Å². The highest BCUT2D eigenvalue weighted by atomic mass is 35.5. The van der Waals surface area contributed by atoms with Crippen molar-refractivity contribution >= 4 is 17.5 Å². The Morgan fingerprint density at radius 2 is 1.78 bits per heavy atom. The van der Waals surface area contributed by atoms with Gasteiger partial charge in [-0.05, 0) is 56.1 Å². The minimum Gasteiger partial charge on any atom is -0.469 e. The Morgan fingerprint density at radius 1 is 1.07 bits per heavy atom. The first-order chi connectivity index (χ1) is 13.0. The van der Waals surface area contributed by atoms with Crippen LogP contribution in [0.3, 0.4) is 0 Å². The highest BCUT2D eigenvalue weighted by Crippen LogP contribution is 2.24. The first kappa shape index (κ1) is 19.3. The van der Waals surface area contributed by atoms with Crippen molar-refractivity contribution in [2.45, 2.75) is 18.4 Å². The highest BCUT2D eigenvalue weighted by molar-refractivity contribution is 6.30. The normalized spacial score (nSPS) is 13.5. The molecule has 0 aliphatic carbocycles. The second kappa shape index (κ2) is 8.93. The Kier molecular flexibility index (Phi) is 6.37. The van der Waals surface area contributed by atoms with E-state index in [1.165, 1.54) is 0 Å². The van der Waals surface area contributed by atoms with E-state index in [2.05, 4.69) is 5.32 Å². The van der Waals surface area contributed by atoms with Crippen LogP contribution in [0.4, 0.5) is 0 Å². The number of hydrogen-bond acceptors (Lipinski definition) is 4. The Balaban J connectivity index is 1.75. The van der Waals surface area contributed by atoms with Gasteiger partial charge in [-0.3, -0.25) is 9.69 Å². The zero-order valence-electron chi connectivity index (χ0n) is 15.4. The van der Waals surface area contributed by atoms with Crippen LogP contribution in [-0.4, -0.2) is 31.4 Å². The van der Waals surface area contributed by atoms with Crippen LogP contribution in [0.15, 0.2) is 69.9 Å². The van der Waals surface area contributed by atoms with Crippen molar-refractivity contribution in [3.63, 3.8) is 0 Å². The fourth-order valence-electron chi connectivity index (χ4n) is 3.03. The second-order valence-corrected chi connectivity index (χ2v) is 7.06. The minimum atomic E-state index is -0.368. The molecule has 1 aromatic carbocycles. The largest absolute Gasteiger partial charge is 0.469 e. The number of rotatable bonds is 8. The monoisotopic (exact) mass is 386 g/mol. The molecule has 2 aromatic heterocycles. The average molecular weight is 387 g/mol. The molecule has 0 radical (unpaired) electrons. The molecule has 3 aromatic rings. The van der Waals surface area contributed by atoms with Gasteiger partial charge >= 0.3 is 0 Å². The second-order valence-electron chi connectivity index (χ2n) is 6.63. The van der Waals surface area contributed by atoms with Gasteiger partial charge in [-0.2, -0.15) is 0 Å². The van der Waals surface area contributed by atoms with E-state index < -0.39 is 0 Å². The van der Waals surface area contributed by atoms with Gasteiger partial charge in [0.15, 0.2) is 0 Å². The third-order valence-corrected chi connectivity index (χ3v) is 4.79. The van der Waals surface area contributed by atoms with Crippen LogP contribution in [0.25, 0.3) is 0 Å². The molecule has 0 bridgehead atoms. The van der Waals surface area contributed by atoms with Gasteiger partial charge in [-0.15, -0.1) is 0 Å². The Morgan fingerprint density at radius 3 is 2.37 bits per heavy atom. The summed E-state index contributed by atoms with van der Waals surface area (Å²) in [5, 5.41) is 3.70. The van der Waals surface area contributed by atoms with Crippen LogP contribution in [0.5, 0.6) is 0 Å². The molecular weight excluding hydrogens is 364 g/mol. The van der Waals surface area contributed by atoms with Crippen LogP contribution < -0.4 is 5.32 Å². The molecule has 0 aliphatic rings. The number of carbonyl (C=O) groups is 1. The molecule has 2 atom stereocenters. The maximum absolute atomic E-state index is 13.0. The number of nitrogens with one attached hydrogen (secondary N) is 1. The van der Waals surface area contributed by atoms with E-state index in [4.69, 9.17) is 20.4 Å². The van der Waals surface area contributed by atoms with Crippen molar-refractivity contribution in [3.05, 3.63) is 83.2 Å². The van der Waals surface area contributed by atoms with E-state index in [1.54, 1.807) is 24.7 Å². The summed E-state index contributed by atoms with van der Waals surface area (Å²) in [6.45, 7) is 0.446. The lowest BCUT2D eigenvalue weighted by atomic mass is 9.93. The van der Waals surface area contributed by atoms with Gasteiger partial charge in [0, 0.05) is 18.0 Å². The molecule has 142 valence electrons. The number of amides is 1. The van der Waals surface area contributed by atoms with Gasteiger partial charge in [-0.25, -0.2) is 0 Å². The summed E-state index contributed by atoms with van der Waals surface area (Å²) in [7, 11) is 3.91. The third kappa shape index (κ3) is 5.02. The van der Waals surface area contributed by atoms with Gasteiger partial charge in [-0.1, -0.05) is 23.7 Å². The van der Waals surface area contributed by atoms with Gasteiger partial charge in [0.1, 0.15) is 11.5 Å². The number of halogens is 1. The first-order valence-electron chi connectivity index (χ1n) is 8.80. The summed E-state index contributed by atoms with van der Waals surface area (Å²) in [5.74, 6) is 1.15. The summed E-state index contributed by atoms with van der Waals surface area (Å²) >= 11 is 6.00. The molecule has 27 heavy (non-hydrogen) atoms. The van der Waals surface area contributed by atoms with E-state index in [1.807, 2.05) is 55.4 Å². The fraction of sp³-hybridized carbons (Fsp3) is 0.286. The summed E-state index contributed by atoms with van der Waals surface area (Å²) in [6, 6.07) is 14.8. The maximum Gasteiger partial charge on any atom is 0.228 e. The summed E-state index contributed by atoms with van der Waals surface area (Å²) in [5.41, 5.74) is 0.896. The number of benzene rings is 1. The Labute approximate surface area is 163 Å². The first-order valence-corrected chi connectivity index (χ1v) is 9.18. The van der Waals surface area contributed by atoms with E-state index in [0.29, 0.717) is 18.0 Å². The molecule has 2 unspecified atom stereocenters. The van der Waals surface area contributed by atoms with Gasteiger partial charge in [0.05, 0.1) is 24.5 Å². The molecule has 2 heterocycles. The van der Waals surface area contributed by atoms with Crippen LogP contribution >= 0.6 is 11.6 Å². The SMILES string of the molecule is CN(C)C(CNC(=O)C(Cc1ccco1)c1ccc(Cl)cc1)c1ccco1. The van der Waals surface area contributed by atoms with Crippen LogP contribution in [0.2, 0.25) is 5.02 Å². The standard InChI is InChI=1S/C21H23ClN2O3/c1-24(2)19(20-6-4-12-27-20)14-23-21(25)18(13-17-5-3-11-26-17)15-7-9-16(22)10-8-15/h3-12,18-19H,13-14H2,1-2H3,(H,23,25). The number of carbonyl (C=O) groups excluding carboxylic acids is 1. The molecule has 0 saturated heterocycles. The molecule has 6 heteroatoms. The van der Waals surface area contributed by atoms with Crippen molar-refractivity contribution < 1.29 is 13.6 Å². The van der Waals surface area contributed by atoms with Gasteiger partial charge in [0.2, 0.25) is 5.91 Å². The quantitative estimate of drug-likeness (QED) is 0.628. The highest BCUT2D eigenvalue weighted by Gasteiger charge is 2.25. The average Bonchev–Trinajstić information content (AvgIpc) is 3.34. The van der Waals surface area contributed by atoms with Crippen LogP contribution in [0.1, 0.15) is 29.0 Å². The third-order valence-electron chi connectivity index (χ3n) is 4.54.